The van der Waals surface area contributed by atoms with E-state index in [2.05, 4.69) is 4.74 Å². The van der Waals surface area contributed by atoms with Crippen LogP contribution in [0.2, 0.25) is 0 Å². The van der Waals surface area contributed by atoms with E-state index in [4.69, 9.17) is 5.11 Å². The van der Waals surface area contributed by atoms with E-state index in [-0.39, 0.29) is 25.6 Å². The first-order chi connectivity index (χ1) is 7.33. The molecule has 0 spiro atoms. The van der Waals surface area contributed by atoms with Crippen LogP contribution in [0.15, 0.2) is 36.4 Å². The van der Waals surface area contributed by atoms with Gasteiger partial charge in [0.1, 0.15) is 6.61 Å². The second-order valence-corrected chi connectivity index (χ2v) is 2.96. The molecule has 0 saturated carbocycles. The van der Waals surface area contributed by atoms with Crippen molar-refractivity contribution < 1.29 is 14.6 Å². The number of carbonyl (C=O) groups is 1. The van der Waals surface area contributed by atoms with E-state index in [1.807, 2.05) is 36.4 Å². The fraction of sp³-hybridized carbons (Fsp3) is 0.250. The average molecular weight is 206 g/mol. The Kier molecular flexibility index (Phi) is 5.19. The Bertz CT molecular complexity index is 317. The lowest BCUT2D eigenvalue weighted by Crippen LogP contribution is -2.06. The SMILES string of the molecule is O=C(CC=Cc1ccccc1)OCCO. The lowest BCUT2D eigenvalue weighted by Gasteiger charge is -1.98. The normalized spacial score (nSPS) is 10.5. The number of rotatable bonds is 5. The molecule has 0 aliphatic carbocycles. The highest BCUT2D eigenvalue weighted by Gasteiger charge is 1.97. The van der Waals surface area contributed by atoms with Gasteiger partial charge in [-0.3, -0.25) is 4.79 Å². The number of hydrogen-bond donors (Lipinski definition) is 1. The minimum absolute atomic E-state index is 0.0675. The Morgan fingerprint density at radius 1 is 1.33 bits per heavy atom. The summed E-state index contributed by atoms with van der Waals surface area (Å²) in [5.74, 6) is -0.323. The van der Waals surface area contributed by atoms with E-state index in [0.29, 0.717) is 0 Å². The summed E-state index contributed by atoms with van der Waals surface area (Å²) in [6.45, 7) is -0.0633. The summed E-state index contributed by atoms with van der Waals surface area (Å²) in [7, 11) is 0. The van der Waals surface area contributed by atoms with Crippen LogP contribution in [0.25, 0.3) is 6.08 Å². The van der Waals surface area contributed by atoms with Gasteiger partial charge in [0.2, 0.25) is 0 Å². The van der Waals surface area contributed by atoms with Crippen molar-refractivity contribution in [2.24, 2.45) is 0 Å². The highest BCUT2D eigenvalue weighted by atomic mass is 16.5. The van der Waals surface area contributed by atoms with Crippen LogP contribution in [0.1, 0.15) is 12.0 Å². The number of carbonyl (C=O) groups excluding carboxylic acids is 1. The highest BCUT2D eigenvalue weighted by Crippen LogP contribution is 2.02. The third-order valence-electron chi connectivity index (χ3n) is 1.75. The Morgan fingerprint density at radius 3 is 2.73 bits per heavy atom. The Labute approximate surface area is 89.0 Å². The molecule has 0 amide bonds. The van der Waals surface area contributed by atoms with E-state index in [0.717, 1.165) is 5.56 Å². The van der Waals surface area contributed by atoms with Gasteiger partial charge in [0.25, 0.3) is 0 Å². The van der Waals surface area contributed by atoms with Gasteiger partial charge in [-0.15, -0.1) is 0 Å². The number of aliphatic hydroxyl groups is 1. The van der Waals surface area contributed by atoms with Crippen molar-refractivity contribution in [1.82, 2.24) is 0 Å². The molecule has 0 radical (unpaired) electrons. The predicted octanol–water partition coefficient (Wildman–Crippen LogP) is 1.63. The van der Waals surface area contributed by atoms with Crippen LogP contribution in [0.4, 0.5) is 0 Å². The predicted molar refractivity (Wildman–Crippen MR) is 58.1 cm³/mol. The maximum atomic E-state index is 11.0. The van der Waals surface area contributed by atoms with E-state index in [1.165, 1.54) is 0 Å². The molecule has 0 aromatic heterocycles. The maximum Gasteiger partial charge on any atom is 0.309 e. The molecule has 15 heavy (non-hydrogen) atoms. The fourth-order valence-corrected chi connectivity index (χ4v) is 1.07. The minimum atomic E-state index is -0.323. The van der Waals surface area contributed by atoms with Crippen molar-refractivity contribution in [2.45, 2.75) is 6.42 Å². The summed E-state index contributed by atoms with van der Waals surface area (Å²) < 4.78 is 4.69. The molecule has 80 valence electrons. The summed E-state index contributed by atoms with van der Waals surface area (Å²) in [5, 5.41) is 8.42. The molecule has 0 saturated heterocycles. The average Bonchev–Trinajstić information content (AvgIpc) is 2.28. The van der Waals surface area contributed by atoms with Crippen LogP contribution in [-0.2, 0) is 9.53 Å². The molecule has 0 heterocycles. The highest BCUT2D eigenvalue weighted by molar-refractivity contribution is 5.72. The molecule has 0 fully saturated rings. The van der Waals surface area contributed by atoms with Crippen LogP contribution < -0.4 is 0 Å². The van der Waals surface area contributed by atoms with Gasteiger partial charge in [0.15, 0.2) is 0 Å². The Balaban J connectivity index is 2.31. The van der Waals surface area contributed by atoms with E-state index >= 15 is 0 Å². The summed E-state index contributed by atoms with van der Waals surface area (Å²) in [4.78, 5) is 11.0. The van der Waals surface area contributed by atoms with Gasteiger partial charge in [0, 0.05) is 0 Å². The third-order valence-corrected chi connectivity index (χ3v) is 1.75. The summed E-state index contributed by atoms with van der Waals surface area (Å²) >= 11 is 0. The van der Waals surface area contributed by atoms with Gasteiger partial charge in [-0.05, 0) is 5.56 Å². The lowest BCUT2D eigenvalue weighted by atomic mass is 10.2. The van der Waals surface area contributed by atoms with Crippen LogP contribution >= 0.6 is 0 Å². The summed E-state index contributed by atoms with van der Waals surface area (Å²) in [6, 6.07) is 9.71. The van der Waals surface area contributed by atoms with Crippen LogP contribution in [0.3, 0.4) is 0 Å². The van der Waals surface area contributed by atoms with Crippen LogP contribution in [0.5, 0.6) is 0 Å². The zero-order valence-corrected chi connectivity index (χ0v) is 8.43. The maximum absolute atomic E-state index is 11.0. The van der Waals surface area contributed by atoms with Crippen LogP contribution in [0, 0.1) is 0 Å². The zero-order chi connectivity index (χ0) is 10.9. The molecule has 1 rings (SSSR count). The molecule has 3 nitrogen and oxygen atoms in total. The molecule has 1 N–H and O–H groups in total. The number of ether oxygens (including phenoxy) is 1. The van der Waals surface area contributed by atoms with Gasteiger partial charge in [-0.2, -0.15) is 0 Å². The third kappa shape index (κ3) is 4.98. The molecule has 0 unspecified atom stereocenters. The van der Waals surface area contributed by atoms with Gasteiger partial charge < -0.3 is 9.84 Å². The standard InChI is InChI=1S/C12H14O3/c13-9-10-15-12(14)8-4-7-11-5-2-1-3-6-11/h1-7,13H,8-10H2. The zero-order valence-electron chi connectivity index (χ0n) is 8.43. The van der Waals surface area contributed by atoms with Gasteiger partial charge in [-0.25, -0.2) is 0 Å². The number of benzene rings is 1. The first kappa shape index (κ1) is 11.5. The molecular formula is C12H14O3. The van der Waals surface area contributed by atoms with E-state index in [1.54, 1.807) is 6.08 Å². The van der Waals surface area contributed by atoms with E-state index in [9.17, 15) is 4.79 Å². The molecule has 0 aliphatic heterocycles. The Morgan fingerprint density at radius 2 is 2.07 bits per heavy atom. The second-order valence-electron chi connectivity index (χ2n) is 2.96. The molecule has 3 heteroatoms. The monoisotopic (exact) mass is 206 g/mol. The quantitative estimate of drug-likeness (QED) is 0.745. The molecule has 0 aliphatic rings. The Hall–Kier alpha value is -1.61. The molecule has 1 aromatic rings. The minimum Gasteiger partial charge on any atom is -0.463 e. The molecule has 1 aromatic carbocycles. The van der Waals surface area contributed by atoms with Crippen molar-refractivity contribution in [2.75, 3.05) is 13.2 Å². The molecule has 0 atom stereocenters. The van der Waals surface area contributed by atoms with Gasteiger partial charge in [0.05, 0.1) is 13.0 Å². The van der Waals surface area contributed by atoms with Crippen LogP contribution in [-0.4, -0.2) is 24.3 Å². The fourth-order valence-electron chi connectivity index (χ4n) is 1.07. The molecule has 0 bridgehead atoms. The van der Waals surface area contributed by atoms with Crippen molar-refractivity contribution >= 4 is 12.0 Å². The largest absolute Gasteiger partial charge is 0.463 e. The summed E-state index contributed by atoms with van der Waals surface area (Å²) in [6.07, 6.45) is 3.84. The van der Waals surface area contributed by atoms with Crippen molar-refractivity contribution in [3.05, 3.63) is 42.0 Å². The number of esters is 1. The van der Waals surface area contributed by atoms with Gasteiger partial charge >= 0.3 is 5.97 Å². The van der Waals surface area contributed by atoms with Gasteiger partial charge in [-0.1, -0.05) is 42.5 Å². The lowest BCUT2D eigenvalue weighted by molar-refractivity contribution is -0.143. The topological polar surface area (TPSA) is 46.5 Å². The second kappa shape index (κ2) is 6.79. The van der Waals surface area contributed by atoms with Crippen molar-refractivity contribution in [3.63, 3.8) is 0 Å². The smallest absolute Gasteiger partial charge is 0.309 e. The van der Waals surface area contributed by atoms with E-state index < -0.39 is 0 Å². The number of hydrogen-bond acceptors (Lipinski definition) is 3. The summed E-state index contributed by atoms with van der Waals surface area (Å²) in [5.41, 5.74) is 1.05. The molecular weight excluding hydrogens is 192 g/mol. The van der Waals surface area contributed by atoms with Crippen molar-refractivity contribution in [3.8, 4) is 0 Å². The van der Waals surface area contributed by atoms with Crippen molar-refractivity contribution in [1.29, 1.82) is 0 Å². The first-order valence-corrected chi connectivity index (χ1v) is 4.81. The number of aliphatic hydroxyl groups excluding tert-OH is 1. The first-order valence-electron chi connectivity index (χ1n) is 4.81.